The normalized spacial score (nSPS) is 12.6. The first-order valence-corrected chi connectivity index (χ1v) is 14.0. The molecule has 0 saturated carbocycles. The molecule has 0 bridgehead atoms. The number of fused-ring (bicyclic) bond motifs is 3. The third-order valence-electron chi connectivity index (χ3n) is 6.76. The van der Waals surface area contributed by atoms with Crippen molar-refractivity contribution in [2.45, 2.75) is 59.3 Å². The SMILES string of the molecule is CCCOc1ccc(-c2nc3sc4c(c3c(-c3ccc(C)cc3)c2CC(=O)O)CCC4)cc1OCCC. The van der Waals surface area contributed by atoms with Crippen molar-refractivity contribution in [3.8, 4) is 33.9 Å². The summed E-state index contributed by atoms with van der Waals surface area (Å²) in [5.41, 5.74) is 6.85. The molecular formula is C31H33NO4S. The van der Waals surface area contributed by atoms with E-state index in [1.807, 2.05) is 18.2 Å². The summed E-state index contributed by atoms with van der Waals surface area (Å²) in [6, 6.07) is 14.3. The van der Waals surface area contributed by atoms with Gasteiger partial charge in [-0.2, -0.15) is 0 Å². The zero-order valence-electron chi connectivity index (χ0n) is 21.7. The molecule has 37 heavy (non-hydrogen) atoms. The van der Waals surface area contributed by atoms with E-state index in [1.54, 1.807) is 11.3 Å². The molecule has 0 radical (unpaired) electrons. The summed E-state index contributed by atoms with van der Waals surface area (Å²) in [6.45, 7) is 7.39. The molecule has 5 nitrogen and oxygen atoms in total. The molecule has 0 spiro atoms. The maximum Gasteiger partial charge on any atom is 0.307 e. The van der Waals surface area contributed by atoms with Gasteiger partial charge in [-0.05, 0) is 79.5 Å². The number of thiophene rings is 1. The summed E-state index contributed by atoms with van der Waals surface area (Å²) in [4.78, 5) is 19.7. The summed E-state index contributed by atoms with van der Waals surface area (Å²) >= 11 is 1.75. The summed E-state index contributed by atoms with van der Waals surface area (Å²) in [5, 5.41) is 11.1. The number of aryl methyl sites for hydroxylation is 3. The van der Waals surface area contributed by atoms with Crippen LogP contribution in [0.2, 0.25) is 0 Å². The zero-order chi connectivity index (χ0) is 25.9. The third kappa shape index (κ3) is 5.08. The molecule has 0 fully saturated rings. The quantitative estimate of drug-likeness (QED) is 0.235. The molecule has 5 rings (SSSR count). The molecule has 1 aliphatic carbocycles. The van der Waals surface area contributed by atoms with E-state index in [2.05, 4.69) is 45.0 Å². The van der Waals surface area contributed by atoms with Gasteiger partial charge in [0.25, 0.3) is 0 Å². The molecule has 0 aliphatic heterocycles. The second-order valence-electron chi connectivity index (χ2n) is 9.65. The number of carboxylic acids is 1. The molecule has 0 amide bonds. The highest BCUT2D eigenvalue weighted by Gasteiger charge is 2.27. The van der Waals surface area contributed by atoms with Crippen LogP contribution in [0.3, 0.4) is 0 Å². The number of hydrogen-bond acceptors (Lipinski definition) is 5. The van der Waals surface area contributed by atoms with Gasteiger partial charge in [-0.15, -0.1) is 11.3 Å². The third-order valence-corrected chi connectivity index (χ3v) is 7.95. The maximum atomic E-state index is 12.2. The molecule has 4 aromatic rings. The van der Waals surface area contributed by atoms with E-state index in [-0.39, 0.29) is 6.42 Å². The Kier molecular flexibility index (Phi) is 7.47. The lowest BCUT2D eigenvalue weighted by atomic mass is 9.90. The first-order chi connectivity index (χ1) is 18.0. The Balaban J connectivity index is 1.78. The van der Waals surface area contributed by atoms with Crippen molar-refractivity contribution in [3.63, 3.8) is 0 Å². The fourth-order valence-electron chi connectivity index (χ4n) is 5.08. The fraction of sp³-hybridized carbons (Fsp3) is 0.355. The number of carbonyl (C=O) groups is 1. The van der Waals surface area contributed by atoms with E-state index < -0.39 is 5.97 Å². The van der Waals surface area contributed by atoms with Crippen LogP contribution in [0.4, 0.5) is 0 Å². The maximum absolute atomic E-state index is 12.2. The second-order valence-corrected chi connectivity index (χ2v) is 10.7. The molecular weight excluding hydrogens is 482 g/mol. The molecule has 192 valence electrons. The molecule has 6 heteroatoms. The zero-order valence-corrected chi connectivity index (χ0v) is 22.5. The van der Waals surface area contributed by atoms with Crippen LogP contribution < -0.4 is 9.47 Å². The Bertz CT molecular complexity index is 1440. The number of aliphatic carboxylic acids is 1. The van der Waals surface area contributed by atoms with Crippen molar-refractivity contribution in [2.24, 2.45) is 0 Å². The number of pyridine rings is 1. The van der Waals surface area contributed by atoms with E-state index >= 15 is 0 Å². The van der Waals surface area contributed by atoms with Gasteiger partial charge in [0, 0.05) is 15.8 Å². The standard InChI is InChI=1S/C31H33NO4S/c1-4-15-35-24-14-13-21(17-25(24)36-16-5-2)30-23(18-27(33)34)28(20-11-9-19(3)10-12-20)29-22-7-6-8-26(22)37-31(29)32-30/h9-14,17H,4-8,15-16,18H2,1-3H3,(H,33,34). The number of rotatable bonds is 10. The predicted molar refractivity (Wildman–Crippen MR) is 150 cm³/mol. The van der Waals surface area contributed by atoms with E-state index in [9.17, 15) is 9.90 Å². The van der Waals surface area contributed by atoms with Crippen molar-refractivity contribution in [3.05, 3.63) is 64.0 Å². The summed E-state index contributed by atoms with van der Waals surface area (Å²) in [5.74, 6) is 0.503. The smallest absolute Gasteiger partial charge is 0.307 e. The number of ether oxygens (including phenoxy) is 2. The van der Waals surface area contributed by atoms with Crippen molar-refractivity contribution in [1.29, 1.82) is 0 Å². The van der Waals surface area contributed by atoms with Crippen molar-refractivity contribution >= 4 is 27.5 Å². The largest absolute Gasteiger partial charge is 0.490 e. The number of hydrogen-bond donors (Lipinski definition) is 1. The van der Waals surface area contributed by atoms with Gasteiger partial charge in [0.2, 0.25) is 0 Å². The van der Waals surface area contributed by atoms with Gasteiger partial charge in [-0.25, -0.2) is 4.98 Å². The Hall–Kier alpha value is -3.38. The second kappa shape index (κ2) is 10.9. The van der Waals surface area contributed by atoms with Crippen LogP contribution >= 0.6 is 11.3 Å². The van der Waals surface area contributed by atoms with E-state index in [0.717, 1.165) is 64.6 Å². The van der Waals surface area contributed by atoms with Gasteiger partial charge in [-0.3, -0.25) is 4.79 Å². The molecule has 0 unspecified atom stereocenters. The van der Waals surface area contributed by atoms with Crippen LogP contribution in [0.1, 0.15) is 54.7 Å². The van der Waals surface area contributed by atoms with Crippen LogP contribution in [0.5, 0.6) is 11.5 Å². The van der Waals surface area contributed by atoms with E-state index in [4.69, 9.17) is 14.5 Å². The van der Waals surface area contributed by atoms with Crippen molar-refractivity contribution in [2.75, 3.05) is 13.2 Å². The Morgan fingerprint density at radius 2 is 1.68 bits per heavy atom. The first kappa shape index (κ1) is 25.3. The van der Waals surface area contributed by atoms with Gasteiger partial charge in [0.1, 0.15) is 4.83 Å². The number of carboxylic acid groups (broad SMARTS) is 1. The minimum Gasteiger partial charge on any atom is -0.490 e. The van der Waals surface area contributed by atoms with Gasteiger partial charge in [-0.1, -0.05) is 43.7 Å². The lowest BCUT2D eigenvalue weighted by molar-refractivity contribution is -0.136. The molecule has 0 saturated heterocycles. The Labute approximate surface area is 222 Å². The minimum absolute atomic E-state index is 0.106. The summed E-state index contributed by atoms with van der Waals surface area (Å²) in [6.07, 6.45) is 4.89. The summed E-state index contributed by atoms with van der Waals surface area (Å²) in [7, 11) is 0. The van der Waals surface area contributed by atoms with Crippen molar-refractivity contribution in [1.82, 2.24) is 4.98 Å². The number of nitrogens with zero attached hydrogens (tertiary/aromatic N) is 1. The highest BCUT2D eigenvalue weighted by atomic mass is 32.1. The van der Waals surface area contributed by atoms with Gasteiger partial charge in [0.05, 0.1) is 25.3 Å². The molecule has 0 atom stereocenters. The van der Waals surface area contributed by atoms with Crippen LogP contribution in [-0.4, -0.2) is 29.3 Å². The average molecular weight is 516 g/mol. The van der Waals surface area contributed by atoms with Crippen LogP contribution in [0.25, 0.3) is 32.6 Å². The molecule has 1 N–H and O–H groups in total. The van der Waals surface area contributed by atoms with Crippen LogP contribution in [0.15, 0.2) is 42.5 Å². The molecule has 2 aromatic heterocycles. The number of aromatic nitrogens is 1. The molecule has 2 aromatic carbocycles. The summed E-state index contributed by atoms with van der Waals surface area (Å²) < 4.78 is 12.0. The minimum atomic E-state index is -0.868. The van der Waals surface area contributed by atoms with Gasteiger partial charge < -0.3 is 14.6 Å². The fourth-order valence-corrected chi connectivity index (χ4v) is 6.35. The van der Waals surface area contributed by atoms with Crippen LogP contribution in [0, 0.1) is 6.92 Å². The predicted octanol–water partition coefficient (Wildman–Crippen LogP) is 7.63. The lowest BCUT2D eigenvalue weighted by Crippen LogP contribution is -2.07. The Morgan fingerprint density at radius 3 is 2.38 bits per heavy atom. The van der Waals surface area contributed by atoms with E-state index in [1.165, 1.54) is 16.0 Å². The average Bonchev–Trinajstić information content (AvgIpc) is 3.48. The molecule has 2 heterocycles. The monoisotopic (exact) mass is 515 g/mol. The van der Waals surface area contributed by atoms with Crippen LogP contribution in [-0.2, 0) is 24.1 Å². The molecule has 1 aliphatic rings. The van der Waals surface area contributed by atoms with E-state index in [0.29, 0.717) is 30.4 Å². The lowest BCUT2D eigenvalue weighted by Gasteiger charge is -2.18. The van der Waals surface area contributed by atoms with Gasteiger partial charge >= 0.3 is 5.97 Å². The first-order valence-electron chi connectivity index (χ1n) is 13.2. The van der Waals surface area contributed by atoms with Gasteiger partial charge in [0.15, 0.2) is 11.5 Å². The number of benzene rings is 2. The highest BCUT2D eigenvalue weighted by Crippen LogP contribution is 2.46. The highest BCUT2D eigenvalue weighted by molar-refractivity contribution is 7.19. The Morgan fingerprint density at radius 1 is 0.973 bits per heavy atom. The van der Waals surface area contributed by atoms with Crippen molar-refractivity contribution < 1.29 is 19.4 Å². The topological polar surface area (TPSA) is 68.7 Å².